The van der Waals surface area contributed by atoms with Crippen LogP contribution in [-0.4, -0.2) is 5.78 Å². The van der Waals surface area contributed by atoms with E-state index in [9.17, 15) is 23.2 Å². The molecule has 0 saturated carbocycles. The summed E-state index contributed by atoms with van der Waals surface area (Å²) in [6, 6.07) is 21.1. The molecule has 0 bridgehead atoms. The van der Waals surface area contributed by atoms with Crippen LogP contribution in [0, 0.1) is 11.3 Å². The molecule has 0 fully saturated rings. The highest BCUT2D eigenvalue weighted by Crippen LogP contribution is 2.32. The third-order valence-electron chi connectivity index (χ3n) is 4.01. The van der Waals surface area contributed by atoms with E-state index in [2.05, 4.69) is 6.07 Å². The normalized spacial score (nSPS) is 11.1. The third kappa shape index (κ3) is 4.81. The smallest absolute Gasteiger partial charge is 0.294 e. The number of halogens is 3. The Kier molecular flexibility index (Phi) is 5.86. The lowest BCUT2D eigenvalue weighted by atomic mass is 10.00. The Morgan fingerprint density at radius 3 is 2.39 bits per heavy atom. The zero-order chi connectivity index (χ0) is 20.1. The summed E-state index contributed by atoms with van der Waals surface area (Å²) in [7, 11) is 0. The highest BCUT2D eigenvalue weighted by molar-refractivity contribution is 7.99. The number of Topliss-reactive ketones (excluding diaryl/α,β-unsaturated/α-hetero) is 1. The average molecular weight is 397 g/mol. The molecule has 3 rings (SSSR count). The van der Waals surface area contributed by atoms with Crippen molar-refractivity contribution in [1.29, 1.82) is 5.26 Å². The summed E-state index contributed by atoms with van der Waals surface area (Å²) in [4.78, 5) is 14.1. The second-order valence-electron chi connectivity index (χ2n) is 6.04. The van der Waals surface area contributed by atoms with Crippen LogP contribution in [0.2, 0.25) is 0 Å². The van der Waals surface area contributed by atoms with E-state index in [4.69, 9.17) is 0 Å². The monoisotopic (exact) mass is 397 g/mol. The molecular formula is C22H14F3NOS. The van der Waals surface area contributed by atoms with Crippen LogP contribution in [0.25, 0.3) is 0 Å². The summed E-state index contributed by atoms with van der Waals surface area (Å²) in [6.45, 7) is 0. The fourth-order valence-corrected chi connectivity index (χ4v) is 3.53. The maximum absolute atomic E-state index is 12.8. The van der Waals surface area contributed by atoms with Crippen LogP contribution in [0.4, 0.5) is 13.2 Å². The molecule has 0 saturated heterocycles. The van der Waals surface area contributed by atoms with Gasteiger partial charge in [-0.2, -0.15) is 18.4 Å². The Balaban J connectivity index is 1.80. The number of nitriles is 1. The van der Waals surface area contributed by atoms with Gasteiger partial charge < -0.3 is 0 Å². The van der Waals surface area contributed by atoms with Gasteiger partial charge in [0.2, 0.25) is 0 Å². The van der Waals surface area contributed by atoms with Gasteiger partial charge in [0, 0.05) is 21.8 Å². The number of nitrogens with zero attached hydrogens (tertiary/aromatic N) is 1. The fourth-order valence-electron chi connectivity index (χ4n) is 2.64. The van der Waals surface area contributed by atoms with Crippen LogP contribution in [-0.2, 0) is 12.6 Å². The SMILES string of the molecule is N#Cc1cc(CC(=O)c2cccc(C(F)(F)F)c2)ccc1Sc1ccccc1. The first kappa shape index (κ1) is 19.7. The number of benzene rings is 3. The first-order chi connectivity index (χ1) is 13.4. The molecule has 0 amide bonds. The van der Waals surface area contributed by atoms with Gasteiger partial charge in [0.25, 0.3) is 0 Å². The van der Waals surface area contributed by atoms with E-state index >= 15 is 0 Å². The van der Waals surface area contributed by atoms with Crippen molar-refractivity contribution in [1.82, 2.24) is 0 Å². The minimum absolute atomic E-state index is 0.00364. The van der Waals surface area contributed by atoms with E-state index in [1.54, 1.807) is 18.2 Å². The van der Waals surface area contributed by atoms with E-state index < -0.39 is 17.5 Å². The zero-order valence-corrected chi connectivity index (χ0v) is 15.3. The second kappa shape index (κ2) is 8.32. The largest absolute Gasteiger partial charge is 0.416 e. The van der Waals surface area contributed by atoms with Gasteiger partial charge in [0.1, 0.15) is 6.07 Å². The molecule has 140 valence electrons. The molecule has 0 aliphatic heterocycles. The van der Waals surface area contributed by atoms with Crippen LogP contribution in [0.1, 0.15) is 27.0 Å². The number of alkyl halides is 3. The molecule has 0 aliphatic rings. The van der Waals surface area contributed by atoms with E-state index in [1.807, 2.05) is 30.3 Å². The van der Waals surface area contributed by atoms with Crippen molar-refractivity contribution in [3.63, 3.8) is 0 Å². The van der Waals surface area contributed by atoms with Gasteiger partial charge in [-0.05, 0) is 42.0 Å². The third-order valence-corrected chi connectivity index (χ3v) is 5.10. The summed E-state index contributed by atoms with van der Waals surface area (Å²) in [5.41, 5.74) is 0.140. The molecule has 28 heavy (non-hydrogen) atoms. The Labute approximate surface area is 164 Å². The Bertz CT molecular complexity index is 1040. The molecule has 0 N–H and O–H groups in total. The maximum atomic E-state index is 12.8. The van der Waals surface area contributed by atoms with Gasteiger partial charge in [0.15, 0.2) is 5.78 Å². The standard InChI is InChI=1S/C22H14F3NOS/c23-22(24,25)18-6-4-5-16(13-18)20(27)12-15-9-10-21(17(11-15)14-26)28-19-7-2-1-3-8-19/h1-11,13H,12H2. The van der Waals surface area contributed by atoms with Crippen LogP contribution >= 0.6 is 11.8 Å². The predicted octanol–water partition coefficient (Wildman–Crippen LogP) is 6.15. The van der Waals surface area contributed by atoms with E-state index in [0.717, 1.165) is 21.9 Å². The van der Waals surface area contributed by atoms with Crippen molar-refractivity contribution in [2.24, 2.45) is 0 Å². The number of carbonyl (C=O) groups excluding carboxylic acids is 1. The summed E-state index contributed by atoms with van der Waals surface area (Å²) >= 11 is 1.44. The van der Waals surface area contributed by atoms with E-state index in [0.29, 0.717) is 11.1 Å². The molecule has 0 aromatic heterocycles. The van der Waals surface area contributed by atoms with Crippen molar-refractivity contribution < 1.29 is 18.0 Å². The predicted molar refractivity (Wildman–Crippen MR) is 101 cm³/mol. The molecular weight excluding hydrogens is 383 g/mol. The highest BCUT2D eigenvalue weighted by Gasteiger charge is 2.30. The number of hydrogen-bond acceptors (Lipinski definition) is 3. The summed E-state index contributed by atoms with van der Waals surface area (Å²) in [5.74, 6) is -0.432. The quantitative estimate of drug-likeness (QED) is 0.485. The van der Waals surface area contributed by atoms with Crippen molar-refractivity contribution in [3.05, 3.63) is 95.1 Å². The topological polar surface area (TPSA) is 40.9 Å². The Hall–Kier alpha value is -3.04. The van der Waals surface area contributed by atoms with Crippen molar-refractivity contribution >= 4 is 17.5 Å². The Morgan fingerprint density at radius 2 is 1.71 bits per heavy atom. The summed E-state index contributed by atoms with van der Waals surface area (Å²) in [5, 5.41) is 9.42. The van der Waals surface area contributed by atoms with E-state index in [1.165, 1.54) is 23.9 Å². The molecule has 0 unspecified atom stereocenters. The highest BCUT2D eigenvalue weighted by atomic mass is 32.2. The Morgan fingerprint density at radius 1 is 0.964 bits per heavy atom. The average Bonchev–Trinajstić information content (AvgIpc) is 2.69. The number of ketones is 1. The molecule has 0 spiro atoms. The lowest BCUT2D eigenvalue weighted by molar-refractivity contribution is -0.137. The van der Waals surface area contributed by atoms with Crippen molar-refractivity contribution in [2.45, 2.75) is 22.4 Å². The zero-order valence-electron chi connectivity index (χ0n) is 14.5. The van der Waals surface area contributed by atoms with Crippen molar-refractivity contribution in [2.75, 3.05) is 0 Å². The van der Waals surface area contributed by atoms with Gasteiger partial charge in [0.05, 0.1) is 11.1 Å². The minimum atomic E-state index is -4.50. The van der Waals surface area contributed by atoms with Crippen LogP contribution in [0.5, 0.6) is 0 Å². The molecule has 0 atom stereocenters. The molecule has 0 aliphatic carbocycles. The second-order valence-corrected chi connectivity index (χ2v) is 7.15. The maximum Gasteiger partial charge on any atom is 0.416 e. The molecule has 3 aromatic rings. The number of carbonyl (C=O) groups is 1. The van der Waals surface area contributed by atoms with Gasteiger partial charge in [-0.3, -0.25) is 4.79 Å². The van der Waals surface area contributed by atoms with Gasteiger partial charge in [-0.1, -0.05) is 48.2 Å². The molecule has 6 heteroatoms. The number of hydrogen-bond donors (Lipinski definition) is 0. The van der Waals surface area contributed by atoms with Gasteiger partial charge >= 0.3 is 6.18 Å². The van der Waals surface area contributed by atoms with Crippen LogP contribution in [0.3, 0.4) is 0 Å². The fraction of sp³-hybridized carbons (Fsp3) is 0.0909. The lowest BCUT2D eigenvalue weighted by Gasteiger charge is -2.09. The first-order valence-electron chi connectivity index (χ1n) is 8.33. The van der Waals surface area contributed by atoms with Gasteiger partial charge in [-0.15, -0.1) is 0 Å². The molecule has 0 heterocycles. The van der Waals surface area contributed by atoms with Gasteiger partial charge in [-0.25, -0.2) is 0 Å². The molecule has 3 aromatic carbocycles. The lowest BCUT2D eigenvalue weighted by Crippen LogP contribution is -2.09. The van der Waals surface area contributed by atoms with E-state index in [-0.39, 0.29) is 12.0 Å². The molecule has 0 radical (unpaired) electrons. The van der Waals surface area contributed by atoms with Crippen LogP contribution in [0.15, 0.2) is 82.6 Å². The number of rotatable bonds is 5. The van der Waals surface area contributed by atoms with Crippen LogP contribution < -0.4 is 0 Å². The summed E-state index contributed by atoms with van der Waals surface area (Å²) < 4.78 is 38.5. The first-order valence-corrected chi connectivity index (χ1v) is 9.15. The minimum Gasteiger partial charge on any atom is -0.294 e. The molecule has 2 nitrogen and oxygen atoms in total. The summed E-state index contributed by atoms with van der Waals surface area (Å²) in [6.07, 6.45) is -4.58. The van der Waals surface area contributed by atoms with Crippen molar-refractivity contribution in [3.8, 4) is 6.07 Å².